The molecule has 192 valence electrons. The van der Waals surface area contributed by atoms with E-state index in [2.05, 4.69) is 45.6 Å². The number of aryl methyl sites for hydroxylation is 2. The molecule has 0 fully saturated rings. The summed E-state index contributed by atoms with van der Waals surface area (Å²) in [4.78, 5) is 31.0. The summed E-state index contributed by atoms with van der Waals surface area (Å²) < 4.78 is 17.0. The zero-order chi connectivity index (χ0) is 26.2. The number of carbonyl (C=O) groups excluding carboxylic acids is 2. The number of nitrogens with zero attached hydrogens (tertiary/aromatic N) is 2. The Morgan fingerprint density at radius 3 is 2.25 bits per heavy atom. The van der Waals surface area contributed by atoms with E-state index in [1.165, 1.54) is 14.2 Å². The van der Waals surface area contributed by atoms with Crippen LogP contribution in [0.3, 0.4) is 0 Å². The second-order valence-corrected chi connectivity index (χ2v) is 16.3. The lowest BCUT2D eigenvalue weighted by atomic mass is 9.93. The molecule has 0 aliphatic carbocycles. The molecule has 2 heterocycles. The number of rotatable bonds is 8. The van der Waals surface area contributed by atoms with Gasteiger partial charge in [-0.25, -0.2) is 0 Å². The number of benzene rings is 2. The number of anilines is 1. The van der Waals surface area contributed by atoms with Gasteiger partial charge in [-0.2, -0.15) is 0 Å². The molecule has 2 aliphatic heterocycles. The average Bonchev–Trinajstić information content (AvgIpc) is 3.24. The summed E-state index contributed by atoms with van der Waals surface area (Å²) in [6, 6.07) is 9.84. The number of methoxy groups -OCH3 is 2. The Balaban J connectivity index is 1.76. The number of amides is 2. The van der Waals surface area contributed by atoms with Gasteiger partial charge in [0.25, 0.3) is 11.8 Å². The standard InChI is InChI=1S/C28H36N2O5Si/c1-18-9-8-10-19(2)26(18)20-13-23-28(32)30(17-35-11-12-36(5,6)7)22-15-25(34-4)24(33-3)14-21(22)27(31)29(23)16-20/h8-10,14-16,23H,11-13,17H2,1-7H3/t23-/m0/s1. The highest BCUT2D eigenvalue weighted by atomic mass is 28.3. The van der Waals surface area contributed by atoms with Crippen molar-refractivity contribution in [3.8, 4) is 11.5 Å². The second kappa shape index (κ2) is 10.1. The fourth-order valence-electron chi connectivity index (χ4n) is 4.88. The van der Waals surface area contributed by atoms with E-state index in [1.807, 2.05) is 12.3 Å². The van der Waals surface area contributed by atoms with Crippen LogP contribution in [-0.2, 0) is 9.53 Å². The lowest BCUT2D eigenvalue weighted by Crippen LogP contribution is -2.45. The van der Waals surface area contributed by atoms with E-state index >= 15 is 0 Å². The maximum atomic E-state index is 14.0. The highest BCUT2D eigenvalue weighted by Crippen LogP contribution is 2.42. The number of carbonyl (C=O) groups is 2. The van der Waals surface area contributed by atoms with E-state index in [1.54, 1.807) is 21.9 Å². The summed E-state index contributed by atoms with van der Waals surface area (Å²) in [5, 5.41) is 0. The largest absolute Gasteiger partial charge is 0.493 e. The molecule has 2 aromatic rings. The molecule has 0 aromatic heterocycles. The Morgan fingerprint density at radius 2 is 1.64 bits per heavy atom. The number of ether oxygens (including phenoxy) is 3. The van der Waals surface area contributed by atoms with E-state index in [0.717, 1.165) is 28.3 Å². The molecule has 4 rings (SSSR count). The van der Waals surface area contributed by atoms with Gasteiger partial charge in [0.1, 0.15) is 12.8 Å². The van der Waals surface area contributed by atoms with E-state index in [0.29, 0.717) is 35.8 Å². The predicted molar refractivity (Wildman–Crippen MR) is 144 cm³/mol. The van der Waals surface area contributed by atoms with Crippen LogP contribution in [0.2, 0.25) is 25.7 Å². The van der Waals surface area contributed by atoms with Crippen LogP contribution in [0.25, 0.3) is 5.57 Å². The fraction of sp³-hybridized carbons (Fsp3) is 0.429. The SMILES string of the molecule is COc1cc2c(cc1OC)N(COCC[Si](C)(C)C)C(=O)[C@@H]1CC(c3c(C)cccc3C)=CN1C2=O. The van der Waals surface area contributed by atoms with Gasteiger partial charge < -0.3 is 19.1 Å². The number of hydrogen-bond donors (Lipinski definition) is 0. The zero-order valence-corrected chi connectivity index (χ0v) is 23.3. The molecule has 0 bridgehead atoms. The Hall–Kier alpha value is -3.10. The Kier molecular flexibility index (Phi) is 7.29. The topological polar surface area (TPSA) is 68.3 Å². The van der Waals surface area contributed by atoms with Crippen LogP contribution in [0.5, 0.6) is 11.5 Å². The van der Waals surface area contributed by atoms with Crippen molar-refractivity contribution in [2.75, 3.05) is 32.5 Å². The molecule has 36 heavy (non-hydrogen) atoms. The van der Waals surface area contributed by atoms with E-state index in [9.17, 15) is 9.59 Å². The summed E-state index contributed by atoms with van der Waals surface area (Å²) >= 11 is 0. The number of fused-ring (bicyclic) bond motifs is 2. The molecule has 0 saturated heterocycles. The van der Waals surface area contributed by atoms with Gasteiger partial charge in [0.2, 0.25) is 0 Å². The highest BCUT2D eigenvalue weighted by Gasteiger charge is 2.43. The van der Waals surface area contributed by atoms with Crippen LogP contribution in [0.15, 0.2) is 36.5 Å². The van der Waals surface area contributed by atoms with Crippen molar-refractivity contribution in [3.63, 3.8) is 0 Å². The molecular formula is C28H36N2O5Si. The molecule has 2 aliphatic rings. The summed E-state index contributed by atoms with van der Waals surface area (Å²) in [5.41, 5.74) is 5.19. The van der Waals surface area contributed by atoms with Crippen molar-refractivity contribution >= 4 is 31.1 Å². The zero-order valence-electron chi connectivity index (χ0n) is 22.3. The third-order valence-electron chi connectivity index (χ3n) is 6.87. The molecule has 1 atom stereocenters. The van der Waals surface area contributed by atoms with Crippen LogP contribution < -0.4 is 14.4 Å². The van der Waals surface area contributed by atoms with Gasteiger partial charge in [0, 0.05) is 33.4 Å². The van der Waals surface area contributed by atoms with Crippen LogP contribution in [0, 0.1) is 13.8 Å². The summed E-state index contributed by atoms with van der Waals surface area (Å²) in [7, 11) is 1.78. The fourth-order valence-corrected chi connectivity index (χ4v) is 5.64. The maximum absolute atomic E-state index is 14.0. The third kappa shape index (κ3) is 4.92. The molecule has 0 saturated carbocycles. The van der Waals surface area contributed by atoms with Crippen molar-refractivity contribution in [3.05, 3.63) is 58.8 Å². The molecular weight excluding hydrogens is 472 g/mol. The smallest absolute Gasteiger partial charge is 0.260 e. The highest BCUT2D eigenvalue weighted by molar-refractivity contribution is 6.76. The Morgan fingerprint density at radius 1 is 1.00 bits per heavy atom. The van der Waals surface area contributed by atoms with E-state index in [4.69, 9.17) is 14.2 Å². The number of hydrogen-bond acceptors (Lipinski definition) is 5. The Bertz CT molecular complexity index is 1200. The molecule has 0 radical (unpaired) electrons. The Labute approximate surface area is 214 Å². The van der Waals surface area contributed by atoms with Gasteiger partial charge >= 0.3 is 0 Å². The monoisotopic (exact) mass is 508 g/mol. The summed E-state index contributed by atoms with van der Waals surface area (Å²) in [6.07, 6.45) is 2.29. The molecule has 7 nitrogen and oxygen atoms in total. The van der Waals surface area contributed by atoms with Crippen LogP contribution in [0.4, 0.5) is 5.69 Å². The summed E-state index contributed by atoms with van der Waals surface area (Å²) in [5.74, 6) is 0.487. The molecule has 0 N–H and O–H groups in total. The summed E-state index contributed by atoms with van der Waals surface area (Å²) in [6.45, 7) is 11.6. The minimum Gasteiger partial charge on any atom is -0.493 e. The van der Waals surface area contributed by atoms with Crippen LogP contribution in [0.1, 0.15) is 33.5 Å². The molecule has 8 heteroatoms. The van der Waals surface area contributed by atoms with Gasteiger partial charge in [-0.05, 0) is 48.2 Å². The van der Waals surface area contributed by atoms with E-state index < -0.39 is 14.1 Å². The van der Waals surface area contributed by atoms with Crippen molar-refractivity contribution in [1.29, 1.82) is 0 Å². The van der Waals surface area contributed by atoms with Gasteiger partial charge in [0.05, 0.1) is 25.5 Å². The van der Waals surface area contributed by atoms with E-state index in [-0.39, 0.29) is 18.5 Å². The lowest BCUT2D eigenvalue weighted by Gasteiger charge is -2.26. The molecule has 0 spiro atoms. The van der Waals surface area contributed by atoms with Gasteiger partial charge in [0.15, 0.2) is 11.5 Å². The minimum atomic E-state index is -1.30. The van der Waals surface area contributed by atoms with Crippen molar-refractivity contribution in [1.82, 2.24) is 4.90 Å². The average molecular weight is 509 g/mol. The first-order chi connectivity index (χ1) is 17.1. The quantitative estimate of drug-likeness (QED) is 0.361. The maximum Gasteiger partial charge on any atom is 0.260 e. The normalized spacial score (nSPS) is 17.5. The third-order valence-corrected chi connectivity index (χ3v) is 8.58. The predicted octanol–water partition coefficient (Wildman–Crippen LogP) is 5.24. The van der Waals surface area contributed by atoms with Crippen molar-refractivity contribution in [2.45, 2.75) is 52.0 Å². The van der Waals surface area contributed by atoms with Crippen molar-refractivity contribution in [2.24, 2.45) is 0 Å². The van der Waals surface area contributed by atoms with Gasteiger partial charge in [-0.15, -0.1) is 0 Å². The van der Waals surface area contributed by atoms with Gasteiger partial charge in [-0.3, -0.25) is 14.5 Å². The van der Waals surface area contributed by atoms with Crippen LogP contribution in [-0.4, -0.2) is 58.4 Å². The molecule has 2 amide bonds. The van der Waals surface area contributed by atoms with Crippen molar-refractivity contribution < 1.29 is 23.8 Å². The lowest BCUT2D eigenvalue weighted by molar-refractivity contribution is -0.122. The molecule has 0 unspecified atom stereocenters. The first-order valence-electron chi connectivity index (χ1n) is 12.3. The molecule has 2 aromatic carbocycles. The second-order valence-electron chi connectivity index (χ2n) is 10.7. The van der Waals surface area contributed by atoms with Gasteiger partial charge in [-0.1, -0.05) is 37.8 Å². The minimum absolute atomic E-state index is 0.0716. The van der Waals surface area contributed by atoms with Crippen LogP contribution >= 0.6 is 0 Å². The first kappa shape index (κ1) is 26.0. The first-order valence-corrected chi connectivity index (χ1v) is 16.0.